The highest BCUT2D eigenvalue weighted by Crippen LogP contribution is 2.41. The third-order valence-electron chi connectivity index (χ3n) is 6.60. The van der Waals surface area contributed by atoms with Crippen molar-refractivity contribution in [1.29, 1.82) is 0 Å². The Bertz CT molecular complexity index is 1270. The first-order valence-electron chi connectivity index (χ1n) is 9.98. The third-order valence-corrected chi connectivity index (χ3v) is 6.60. The van der Waals surface area contributed by atoms with E-state index < -0.39 is 5.41 Å². The van der Waals surface area contributed by atoms with Crippen LogP contribution in [0.4, 0.5) is 0 Å². The molecule has 0 saturated carbocycles. The minimum absolute atomic E-state index is 0.0170. The second kappa shape index (κ2) is 5.92. The van der Waals surface area contributed by atoms with Crippen LogP contribution in [-0.4, -0.2) is 20.6 Å². The van der Waals surface area contributed by atoms with Crippen LogP contribution in [0.1, 0.15) is 49.4 Å². The summed E-state index contributed by atoms with van der Waals surface area (Å²) in [5.74, 6) is -0.0854. The number of aryl methyl sites for hydroxylation is 1. The monoisotopic (exact) mass is 390 g/mol. The second-order valence-corrected chi connectivity index (χ2v) is 8.05. The molecule has 4 heterocycles. The molecule has 0 aliphatic carbocycles. The Hall–Kier alpha value is -3.15. The zero-order valence-corrected chi connectivity index (χ0v) is 16.7. The highest BCUT2D eigenvalue weighted by molar-refractivity contribution is 5.90. The van der Waals surface area contributed by atoms with Gasteiger partial charge < -0.3 is 14.4 Å². The molecule has 0 amide bonds. The van der Waals surface area contributed by atoms with Crippen LogP contribution in [-0.2, 0) is 34.5 Å². The molecule has 0 radical (unpaired) electrons. The number of carbonyl (C=O) groups excluding carboxylic acids is 1. The molecule has 5 rings (SSSR count). The minimum Gasteiger partial charge on any atom is -0.508 e. The van der Waals surface area contributed by atoms with Gasteiger partial charge in [0.25, 0.3) is 5.56 Å². The van der Waals surface area contributed by atoms with Crippen molar-refractivity contribution >= 4 is 16.9 Å². The van der Waals surface area contributed by atoms with Gasteiger partial charge in [-0.25, -0.2) is 4.98 Å². The van der Waals surface area contributed by atoms with E-state index in [1.54, 1.807) is 22.8 Å². The molecule has 29 heavy (non-hydrogen) atoms. The van der Waals surface area contributed by atoms with Gasteiger partial charge in [0.05, 0.1) is 34.4 Å². The molecule has 6 nitrogen and oxygen atoms in total. The van der Waals surface area contributed by atoms with Gasteiger partial charge in [-0.1, -0.05) is 13.8 Å². The summed E-state index contributed by atoms with van der Waals surface area (Å²) in [6.45, 7) is 6.30. The number of benzene rings is 1. The largest absolute Gasteiger partial charge is 0.508 e. The molecule has 148 valence electrons. The first-order valence-corrected chi connectivity index (χ1v) is 9.98. The summed E-state index contributed by atoms with van der Waals surface area (Å²) in [5, 5.41) is 10.9. The van der Waals surface area contributed by atoms with Crippen molar-refractivity contribution in [2.45, 2.75) is 52.2 Å². The highest BCUT2D eigenvalue weighted by Gasteiger charge is 2.43. The van der Waals surface area contributed by atoms with E-state index in [2.05, 4.69) is 6.92 Å². The zero-order valence-electron chi connectivity index (χ0n) is 16.7. The van der Waals surface area contributed by atoms with Crippen LogP contribution >= 0.6 is 0 Å². The molecule has 1 aromatic carbocycles. The number of carbonyl (C=O) groups is 1. The van der Waals surface area contributed by atoms with Crippen molar-refractivity contribution < 1.29 is 14.6 Å². The molecule has 1 atom stereocenters. The standard InChI is InChI=1S/C23H22N2O4/c1-4-13-14-8-12(26)6-7-18(14)24-20-15(13)10-25-19(20)9-17-16(21(25)27)11-29-22(28)23(17,3)5-2/h6-9,26H,4-5,10-11H2,1-3H3/t23-/m0/s1. The molecule has 0 saturated heterocycles. The molecule has 0 unspecified atom stereocenters. The Morgan fingerprint density at radius 1 is 1.21 bits per heavy atom. The summed E-state index contributed by atoms with van der Waals surface area (Å²) in [5.41, 5.74) is 4.80. The maximum Gasteiger partial charge on any atom is 0.316 e. The van der Waals surface area contributed by atoms with Crippen molar-refractivity contribution in [2.75, 3.05) is 0 Å². The van der Waals surface area contributed by atoms with Crippen molar-refractivity contribution in [3.05, 3.63) is 56.9 Å². The number of phenols is 1. The molecule has 2 aromatic heterocycles. The van der Waals surface area contributed by atoms with Gasteiger partial charge in [-0.2, -0.15) is 0 Å². The Balaban J connectivity index is 1.84. The van der Waals surface area contributed by atoms with Crippen molar-refractivity contribution in [2.24, 2.45) is 0 Å². The lowest BCUT2D eigenvalue weighted by Gasteiger charge is -2.33. The topological polar surface area (TPSA) is 81.4 Å². The zero-order chi connectivity index (χ0) is 20.5. The quantitative estimate of drug-likeness (QED) is 0.531. The Morgan fingerprint density at radius 3 is 2.72 bits per heavy atom. The molecule has 0 fully saturated rings. The van der Waals surface area contributed by atoms with Gasteiger partial charge in [0, 0.05) is 10.9 Å². The number of aromatic nitrogens is 2. The number of rotatable bonds is 2. The molecule has 0 spiro atoms. The number of hydrogen-bond donors (Lipinski definition) is 1. The minimum atomic E-state index is -0.832. The van der Waals surface area contributed by atoms with Gasteiger partial charge in [-0.15, -0.1) is 0 Å². The average molecular weight is 390 g/mol. The van der Waals surface area contributed by atoms with Crippen LogP contribution in [0.2, 0.25) is 0 Å². The molecular weight excluding hydrogens is 368 g/mol. The van der Waals surface area contributed by atoms with Crippen LogP contribution in [0.3, 0.4) is 0 Å². The van der Waals surface area contributed by atoms with E-state index in [-0.39, 0.29) is 23.9 Å². The first kappa shape index (κ1) is 17.9. The molecule has 3 aromatic rings. The molecule has 2 aliphatic rings. The molecule has 2 aliphatic heterocycles. The fraction of sp³-hybridized carbons (Fsp3) is 0.348. The van der Waals surface area contributed by atoms with Crippen LogP contribution < -0.4 is 5.56 Å². The number of phenolic OH excluding ortho intramolecular Hbond substituents is 1. The van der Waals surface area contributed by atoms with E-state index in [9.17, 15) is 14.7 Å². The predicted octanol–water partition coefficient (Wildman–Crippen LogP) is 3.42. The molecular formula is C23H22N2O4. The summed E-state index contributed by atoms with van der Waals surface area (Å²) in [6, 6.07) is 7.13. The predicted molar refractivity (Wildman–Crippen MR) is 109 cm³/mol. The van der Waals surface area contributed by atoms with Gasteiger partial charge in [0.1, 0.15) is 12.4 Å². The summed E-state index contributed by atoms with van der Waals surface area (Å²) in [4.78, 5) is 30.7. The number of nitrogens with zero attached hydrogens (tertiary/aromatic N) is 2. The number of aromatic hydroxyl groups is 1. The number of ether oxygens (including phenoxy) is 1. The molecule has 1 N–H and O–H groups in total. The lowest BCUT2D eigenvalue weighted by molar-refractivity contribution is -0.153. The Labute approximate surface area is 167 Å². The van der Waals surface area contributed by atoms with Crippen LogP contribution in [0, 0.1) is 0 Å². The van der Waals surface area contributed by atoms with Crippen molar-refractivity contribution in [1.82, 2.24) is 9.55 Å². The average Bonchev–Trinajstić information content (AvgIpc) is 3.08. The molecule has 6 heteroatoms. The van der Waals surface area contributed by atoms with E-state index in [1.807, 2.05) is 19.9 Å². The van der Waals surface area contributed by atoms with Gasteiger partial charge >= 0.3 is 5.97 Å². The maximum atomic E-state index is 13.3. The Kier molecular flexibility index (Phi) is 3.66. The highest BCUT2D eigenvalue weighted by atomic mass is 16.5. The number of fused-ring (bicyclic) bond motifs is 5. The van der Waals surface area contributed by atoms with Gasteiger partial charge in [-0.05, 0) is 55.2 Å². The summed E-state index contributed by atoms with van der Waals surface area (Å²) < 4.78 is 7.09. The second-order valence-electron chi connectivity index (χ2n) is 8.05. The molecule has 0 bridgehead atoms. The smallest absolute Gasteiger partial charge is 0.316 e. The van der Waals surface area contributed by atoms with E-state index in [0.717, 1.165) is 45.4 Å². The SMILES string of the molecule is CCc1c2c(nc3ccc(O)cc13)-c1cc3c(c(=O)n1C2)COC(=O)[C@@]3(C)CC. The lowest BCUT2D eigenvalue weighted by Crippen LogP contribution is -2.42. The summed E-state index contributed by atoms with van der Waals surface area (Å²) in [7, 11) is 0. The summed E-state index contributed by atoms with van der Waals surface area (Å²) >= 11 is 0. The van der Waals surface area contributed by atoms with Gasteiger partial charge in [0.15, 0.2) is 0 Å². The Morgan fingerprint density at radius 2 is 2.00 bits per heavy atom. The van der Waals surface area contributed by atoms with E-state index >= 15 is 0 Å². The lowest BCUT2D eigenvalue weighted by atomic mass is 9.76. The first-order chi connectivity index (χ1) is 13.9. The number of pyridine rings is 2. The summed E-state index contributed by atoms with van der Waals surface area (Å²) in [6.07, 6.45) is 1.32. The van der Waals surface area contributed by atoms with Crippen molar-refractivity contribution in [3.63, 3.8) is 0 Å². The fourth-order valence-corrected chi connectivity index (χ4v) is 4.72. The maximum absolute atomic E-state index is 13.3. The van der Waals surface area contributed by atoms with E-state index in [0.29, 0.717) is 18.5 Å². The van der Waals surface area contributed by atoms with Gasteiger partial charge in [-0.3, -0.25) is 9.59 Å². The number of hydrogen-bond acceptors (Lipinski definition) is 5. The number of esters is 1. The van der Waals surface area contributed by atoms with Crippen LogP contribution in [0.25, 0.3) is 22.3 Å². The fourth-order valence-electron chi connectivity index (χ4n) is 4.72. The van der Waals surface area contributed by atoms with Crippen LogP contribution in [0.15, 0.2) is 29.1 Å². The van der Waals surface area contributed by atoms with E-state index in [1.165, 1.54) is 0 Å². The number of cyclic esters (lactones) is 1. The van der Waals surface area contributed by atoms with Crippen LogP contribution in [0.5, 0.6) is 5.75 Å². The van der Waals surface area contributed by atoms with Gasteiger partial charge in [0.2, 0.25) is 0 Å². The van der Waals surface area contributed by atoms with Crippen molar-refractivity contribution in [3.8, 4) is 17.1 Å². The van der Waals surface area contributed by atoms with E-state index in [4.69, 9.17) is 9.72 Å². The third kappa shape index (κ3) is 2.26. The normalized spacial score (nSPS) is 19.6.